The van der Waals surface area contributed by atoms with Crippen molar-refractivity contribution in [3.63, 3.8) is 0 Å². The van der Waals surface area contributed by atoms with E-state index in [9.17, 15) is 33.7 Å². The minimum atomic E-state index is -1.57. The van der Waals surface area contributed by atoms with Gasteiger partial charge in [-0.15, -0.1) is 0 Å². The molecule has 2 aromatic rings. The molecular weight excluding hydrogens is 454 g/mol. The maximum atomic E-state index is 14.4. The van der Waals surface area contributed by atoms with E-state index in [0.29, 0.717) is 17.7 Å². The van der Waals surface area contributed by atoms with E-state index in [2.05, 4.69) is 0 Å². The molecule has 12 heteroatoms. The van der Waals surface area contributed by atoms with Gasteiger partial charge in [0.05, 0.1) is 48.0 Å². The minimum absolute atomic E-state index is 0.238. The van der Waals surface area contributed by atoms with Gasteiger partial charge < -0.3 is 15.2 Å². The molecular formula is C22H16F2N4O6. The number of nitrogens with two attached hydrogens (primary N) is 1. The van der Waals surface area contributed by atoms with Gasteiger partial charge in [0.1, 0.15) is 11.5 Å². The molecule has 0 aromatic heterocycles. The van der Waals surface area contributed by atoms with Crippen molar-refractivity contribution < 1.29 is 32.8 Å². The van der Waals surface area contributed by atoms with Crippen LogP contribution in [0.5, 0.6) is 0 Å². The lowest BCUT2D eigenvalue weighted by Crippen LogP contribution is -2.40. The van der Waals surface area contributed by atoms with Gasteiger partial charge in [-0.3, -0.25) is 15.0 Å². The molecule has 0 spiro atoms. The lowest BCUT2D eigenvalue weighted by Gasteiger charge is -2.35. The number of nitro benzene ring substituents is 1. The number of methoxy groups -OCH3 is 2. The van der Waals surface area contributed by atoms with Crippen LogP contribution in [0.3, 0.4) is 0 Å². The zero-order chi connectivity index (χ0) is 25.2. The van der Waals surface area contributed by atoms with Crippen LogP contribution < -0.4 is 10.6 Å². The van der Waals surface area contributed by atoms with Crippen LogP contribution in [0.2, 0.25) is 0 Å². The molecule has 0 saturated heterocycles. The summed E-state index contributed by atoms with van der Waals surface area (Å²) in [5.74, 6) is -6.95. The molecule has 0 aliphatic carbocycles. The molecule has 1 unspecified atom stereocenters. The number of esters is 2. The van der Waals surface area contributed by atoms with Crippen molar-refractivity contribution in [2.75, 3.05) is 19.1 Å². The predicted molar refractivity (Wildman–Crippen MR) is 113 cm³/mol. The second-order valence-electron chi connectivity index (χ2n) is 6.85. The maximum absolute atomic E-state index is 14.4. The summed E-state index contributed by atoms with van der Waals surface area (Å²) in [6.45, 7) is 0. The van der Waals surface area contributed by atoms with Crippen molar-refractivity contribution in [2.24, 2.45) is 5.73 Å². The first-order valence-electron chi connectivity index (χ1n) is 9.46. The molecule has 10 nitrogen and oxygen atoms in total. The number of nitro groups is 1. The van der Waals surface area contributed by atoms with Crippen molar-refractivity contribution in [1.29, 1.82) is 5.26 Å². The van der Waals surface area contributed by atoms with Gasteiger partial charge in [-0.05, 0) is 5.56 Å². The average molecular weight is 470 g/mol. The zero-order valence-corrected chi connectivity index (χ0v) is 17.7. The van der Waals surface area contributed by atoms with Gasteiger partial charge >= 0.3 is 17.6 Å². The second-order valence-corrected chi connectivity index (χ2v) is 6.85. The van der Waals surface area contributed by atoms with Crippen molar-refractivity contribution in [3.05, 3.63) is 92.4 Å². The fourth-order valence-electron chi connectivity index (χ4n) is 3.64. The molecule has 3 rings (SSSR count). The van der Waals surface area contributed by atoms with E-state index in [1.165, 1.54) is 0 Å². The summed E-state index contributed by atoms with van der Waals surface area (Å²) in [7, 11) is 2.03. The van der Waals surface area contributed by atoms with Crippen molar-refractivity contribution in [1.82, 2.24) is 0 Å². The van der Waals surface area contributed by atoms with E-state index in [-0.39, 0.29) is 11.1 Å². The Balaban J connectivity index is 2.44. The highest BCUT2D eigenvalue weighted by Gasteiger charge is 2.43. The summed E-state index contributed by atoms with van der Waals surface area (Å²) in [6, 6.07) is 11.1. The molecule has 1 atom stereocenters. The Kier molecular flexibility index (Phi) is 6.58. The number of halogens is 2. The SMILES string of the molecule is COC(=O)C1=C(C(=O)OC)N(c2cc(F)c([N+](=O)[O-])c(F)c2)C(N)=C(C#N)C1c1ccccc1. The highest BCUT2D eigenvalue weighted by molar-refractivity contribution is 6.06. The Morgan fingerprint density at radius 1 is 1.12 bits per heavy atom. The van der Waals surface area contributed by atoms with Crippen LogP contribution in [0.15, 0.2) is 65.1 Å². The van der Waals surface area contributed by atoms with Crippen molar-refractivity contribution in [3.8, 4) is 6.07 Å². The summed E-state index contributed by atoms with van der Waals surface area (Å²) >= 11 is 0. The predicted octanol–water partition coefficient (Wildman–Crippen LogP) is 2.77. The lowest BCUT2D eigenvalue weighted by molar-refractivity contribution is -0.390. The first-order chi connectivity index (χ1) is 16.2. The number of nitrogens with zero attached hydrogens (tertiary/aromatic N) is 3. The number of carbonyl (C=O) groups excluding carboxylic acids is 2. The largest absolute Gasteiger partial charge is 0.466 e. The third kappa shape index (κ3) is 3.90. The summed E-state index contributed by atoms with van der Waals surface area (Å²) in [5, 5.41) is 20.9. The van der Waals surface area contributed by atoms with Crippen LogP contribution in [0.25, 0.3) is 0 Å². The number of hydrogen-bond donors (Lipinski definition) is 1. The number of rotatable bonds is 5. The van der Waals surface area contributed by atoms with Gasteiger partial charge in [0, 0.05) is 12.1 Å². The fraction of sp³-hybridized carbons (Fsp3) is 0.136. The van der Waals surface area contributed by atoms with Crippen molar-refractivity contribution in [2.45, 2.75) is 5.92 Å². The molecule has 34 heavy (non-hydrogen) atoms. The molecule has 1 aliphatic rings. The van der Waals surface area contributed by atoms with Crippen LogP contribution in [-0.2, 0) is 19.1 Å². The molecule has 2 aromatic carbocycles. The van der Waals surface area contributed by atoms with E-state index in [0.717, 1.165) is 19.1 Å². The zero-order valence-electron chi connectivity index (χ0n) is 17.7. The van der Waals surface area contributed by atoms with Crippen LogP contribution in [-0.4, -0.2) is 31.1 Å². The standard InChI is InChI=1S/C22H16F2N4O6/c1-33-21(29)17-16(11-6-4-3-5-7-11)13(10-25)20(26)27(19(17)22(30)34-2)12-8-14(23)18(28(31)32)15(24)9-12/h3-9,16H,26H2,1-2H3. The molecule has 1 aliphatic heterocycles. The van der Waals surface area contributed by atoms with E-state index in [1.54, 1.807) is 30.3 Å². The van der Waals surface area contributed by atoms with Gasteiger partial charge in [0.25, 0.3) is 0 Å². The molecule has 2 N–H and O–H groups in total. The van der Waals surface area contributed by atoms with Crippen LogP contribution >= 0.6 is 0 Å². The summed E-state index contributed by atoms with van der Waals surface area (Å²) < 4.78 is 38.5. The third-order valence-electron chi connectivity index (χ3n) is 5.05. The molecule has 0 bridgehead atoms. The number of nitriles is 1. The Bertz CT molecular complexity index is 1280. The van der Waals surface area contributed by atoms with E-state index >= 15 is 0 Å². The third-order valence-corrected chi connectivity index (χ3v) is 5.05. The average Bonchev–Trinajstić information content (AvgIpc) is 2.81. The smallest absolute Gasteiger partial charge is 0.355 e. The van der Waals surface area contributed by atoms with E-state index in [4.69, 9.17) is 15.2 Å². The number of benzene rings is 2. The normalized spacial score (nSPS) is 15.6. The monoisotopic (exact) mass is 470 g/mol. The topological polar surface area (TPSA) is 149 Å². The first-order valence-corrected chi connectivity index (χ1v) is 9.46. The van der Waals surface area contributed by atoms with Crippen molar-refractivity contribution >= 4 is 23.3 Å². The molecule has 0 radical (unpaired) electrons. The van der Waals surface area contributed by atoms with Crippen LogP contribution in [0.4, 0.5) is 20.2 Å². The lowest BCUT2D eigenvalue weighted by atomic mass is 9.81. The van der Waals surface area contributed by atoms with Gasteiger partial charge in [0.2, 0.25) is 11.6 Å². The number of hydrogen-bond acceptors (Lipinski definition) is 9. The highest BCUT2D eigenvalue weighted by atomic mass is 19.1. The minimum Gasteiger partial charge on any atom is -0.466 e. The van der Waals surface area contributed by atoms with E-state index in [1.807, 2.05) is 6.07 Å². The Labute approximate surface area is 191 Å². The summed E-state index contributed by atoms with van der Waals surface area (Å²) in [6.07, 6.45) is 0. The van der Waals surface area contributed by atoms with Crippen LogP contribution in [0.1, 0.15) is 11.5 Å². The number of carbonyl (C=O) groups is 2. The quantitative estimate of drug-likeness (QED) is 0.395. The Hall–Kier alpha value is -4.79. The Morgan fingerprint density at radius 2 is 1.68 bits per heavy atom. The van der Waals surface area contributed by atoms with Gasteiger partial charge in [-0.25, -0.2) is 9.59 Å². The Morgan fingerprint density at radius 3 is 2.15 bits per heavy atom. The summed E-state index contributed by atoms with van der Waals surface area (Å²) in [5.41, 5.74) is 3.45. The maximum Gasteiger partial charge on any atom is 0.355 e. The second kappa shape index (κ2) is 9.37. The van der Waals surface area contributed by atoms with Gasteiger partial charge in [0.15, 0.2) is 0 Å². The van der Waals surface area contributed by atoms with Crippen LogP contribution in [0, 0.1) is 33.1 Å². The molecule has 0 saturated carbocycles. The number of ether oxygens (including phenoxy) is 2. The molecule has 1 heterocycles. The number of allylic oxidation sites excluding steroid dienone is 1. The van der Waals surface area contributed by atoms with Gasteiger partial charge in [-0.1, -0.05) is 30.3 Å². The summed E-state index contributed by atoms with van der Waals surface area (Å²) in [4.78, 5) is 36.2. The number of anilines is 1. The highest BCUT2D eigenvalue weighted by Crippen LogP contribution is 2.43. The molecule has 0 amide bonds. The molecule has 174 valence electrons. The molecule has 0 fully saturated rings. The van der Waals surface area contributed by atoms with Gasteiger partial charge in [-0.2, -0.15) is 14.0 Å². The van der Waals surface area contributed by atoms with E-state index < -0.39 is 57.3 Å². The first kappa shape index (κ1) is 23.9. The fourth-order valence-corrected chi connectivity index (χ4v) is 3.64.